The van der Waals surface area contributed by atoms with Crippen molar-refractivity contribution in [2.24, 2.45) is 0 Å². The number of hydrogen-bond donors (Lipinski definition) is 2. The second-order valence-electron chi connectivity index (χ2n) is 8.87. The van der Waals surface area contributed by atoms with Gasteiger partial charge in [-0.3, -0.25) is 9.52 Å². The smallest absolute Gasteiger partial charge is 0.262 e. The molecule has 5 nitrogen and oxygen atoms in total. The number of sulfonamides is 1. The van der Waals surface area contributed by atoms with Gasteiger partial charge in [-0.2, -0.15) is 0 Å². The van der Waals surface area contributed by atoms with E-state index in [-0.39, 0.29) is 16.8 Å². The highest BCUT2D eigenvalue weighted by Gasteiger charge is 2.21. The van der Waals surface area contributed by atoms with E-state index < -0.39 is 10.0 Å². The highest BCUT2D eigenvalue weighted by molar-refractivity contribution is 7.92. The van der Waals surface area contributed by atoms with E-state index in [1.807, 2.05) is 40.7 Å². The predicted molar refractivity (Wildman–Crippen MR) is 134 cm³/mol. The minimum Gasteiger partial charge on any atom is -0.346 e. The van der Waals surface area contributed by atoms with Crippen molar-refractivity contribution >= 4 is 21.6 Å². The second kappa shape index (κ2) is 9.40. The summed E-state index contributed by atoms with van der Waals surface area (Å²) in [4.78, 5) is 13.1. The molecule has 0 saturated carbocycles. The molecule has 0 fully saturated rings. The molecule has 0 aliphatic heterocycles. The van der Waals surface area contributed by atoms with E-state index in [1.54, 1.807) is 31.2 Å². The molecule has 0 bridgehead atoms. The van der Waals surface area contributed by atoms with Crippen LogP contribution < -0.4 is 10.0 Å². The Labute approximate surface area is 197 Å². The Bertz CT molecular complexity index is 1330. The molecular weight excluding hydrogens is 432 g/mol. The number of nitrogens with one attached hydrogen (secondary N) is 2. The minimum absolute atomic E-state index is 0.0865. The molecule has 33 heavy (non-hydrogen) atoms. The van der Waals surface area contributed by atoms with E-state index in [0.29, 0.717) is 16.8 Å². The summed E-state index contributed by atoms with van der Waals surface area (Å²) in [7, 11) is -3.86. The molecule has 3 rings (SSSR count). The van der Waals surface area contributed by atoms with Crippen molar-refractivity contribution in [3.8, 4) is 0 Å². The van der Waals surface area contributed by atoms with Gasteiger partial charge in [-0.15, -0.1) is 0 Å². The molecule has 0 saturated heterocycles. The van der Waals surface area contributed by atoms with Crippen molar-refractivity contribution in [1.82, 2.24) is 5.32 Å². The average Bonchev–Trinajstić information content (AvgIpc) is 2.73. The van der Waals surface area contributed by atoms with Crippen LogP contribution in [0.2, 0.25) is 0 Å². The Kier molecular flexibility index (Phi) is 6.98. The van der Waals surface area contributed by atoms with Gasteiger partial charge in [0.05, 0.1) is 10.9 Å². The molecule has 0 spiro atoms. The number of aryl methyl sites for hydroxylation is 6. The van der Waals surface area contributed by atoms with Crippen LogP contribution in [0.4, 0.5) is 5.69 Å². The zero-order chi connectivity index (χ0) is 24.5. The number of anilines is 1. The van der Waals surface area contributed by atoms with E-state index in [4.69, 9.17) is 0 Å². The molecule has 6 heteroatoms. The lowest BCUT2D eigenvalue weighted by atomic mass is 9.96. The van der Waals surface area contributed by atoms with Crippen LogP contribution in [-0.2, 0) is 10.0 Å². The second-order valence-corrected chi connectivity index (χ2v) is 10.5. The summed E-state index contributed by atoms with van der Waals surface area (Å²) in [5, 5.41) is 3.01. The zero-order valence-electron chi connectivity index (χ0n) is 20.3. The van der Waals surface area contributed by atoms with Crippen LogP contribution >= 0.6 is 0 Å². The third-order valence-corrected chi connectivity index (χ3v) is 7.72. The van der Waals surface area contributed by atoms with E-state index >= 15 is 0 Å². The van der Waals surface area contributed by atoms with Crippen molar-refractivity contribution in [2.75, 3.05) is 4.72 Å². The van der Waals surface area contributed by atoms with Crippen LogP contribution in [0.5, 0.6) is 0 Å². The number of amides is 1. The van der Waals surface area contributed by atoms with Gasteiger partial charge < -0.3 is 5.32 Å². The van der Waals surface area contributed by atoms with Crippen molar-refractivity contribution in [3.63, 3.8) is 0 Å². The minimum atomic E-state index is -3.86. The number of rotatable bonds is 6. The number of hydrogen-bond acceptors (Lipinski definition) is 3. The summed E-state index contributed by atoms with van der Waals surface area (Å²) in [5.74, 6) is -0.317. The van der Waals surface area contributed by atoms with Gasteiger partial charge in [0.2, 0.25) is 0 Å². The fourth-order valence-corrected chi connectivity index (χ4v) is 5.17. The van der Waals surface area contributed by atoms with Gasteiger partial charge in [-0.1, -0.05) is 24.3 Å². The summed E-state index contributed by atoms with van der Waals surface area (Å²) >= 11 is 0. The fraction of sp³-hybridized carbons (Fsp3) is 0.296. The Morgan fingerprint density at radius 1 is 0.727 bits per heavy atom. The molecule has 174 valence electrons. The van der Waals surface area contributed by atoms with E-state index in [9.17, 15) is 13.2 Å². The number of carbonyl (C=O) groups excluding carboxylic acids is 1. The maximum atomic E-state index is 13.1. The normalized spacial score (nSPS) is 12.3. The summed E-state index contributed by atoms with van der Waals surface area (Å²) < 4.78 is 28.9. The van der Waals surface area contributed by atoms with E-state index in [0.717, 1.165) is 27.8 Å². The van der Waals surface area contributed by atoms with Gasteiger partial charge in [0.1, 0.15) is 0 Å². The number of carbonyl (C=O) groups is 1. The molecule has 3 aromatic carbocycles. The Hall–Kier alpha value is -3.12. The van der Waals surface area contributed by atoms with Gasteiger partial charge in [-0.05, 0) is 112 Å². The van der Waals surface area contributed by atoms with Crippen molar-refractivity contribution < 1.29 is 13.2 Å². The molecule has 0 radical (unpaired) electrons. The third kappa shape index (κ3) is 5.45. The van der Waals surface area contributed by atoms with Gasteiger partial charge >= 0.3 is 0 Å². The van der Waals surface area contributed by atoms with Gasteiger partial charge in [-0.25, -0.2) is 8.42 Å². The molecule has 3 aromatic rings. The van der Waals surface area contributed by atoms with E-state index in [2.05, 4.69) is 29.1 Å². The summed E-state index contributed by atoms with van der Waals surface area (Å²) in [5.41, 5.74) is 7.97. The van der Waals surface area contributed by atoms with Gasteiger partial charge in [0.25, 0.3) is 15.9 Å². The zero-order valence-corrected chi connectivity index (χ0v) is 21.1. The first-order valence-electron chi connectivity index (χ1n) is 11.0. The third-order valence-electron chi connectivity index (χ3n) is 6.20. The monoisotopic (exact) mass is 464 g/mol. The fourth-order valence-electron chi connectivity index (χ4n) is 3.85. The first-order chi connectivity index (χ1) is 15.4. The lowest BCUT2D eigenvalue weighted by molar-refractivity contribution is 0.0939. The SMILES string of the molecule is Cc1ccc(NS(=O)(=O)c2cc(C(=O)N[C@@H](C)c3cc(C)c(C)cc3C)ccc2C)cc1C. The molecule has 0 unspecified atom stereocenters. The molecule has 0 heterocycles. The lowest BCUT2D eigenvalue weighted by Crippen LogP contribution is -2.27. The molecule has 0 aliphatic carbocycles. The quantitative estimate of drug-likeness (QED) is 0.482. The summed E-state index contributed by atoms with van der Waals surface area (Å²) in [6, 6.07) is 14.2. The topological polar surface area (TPSA) is 75.3 Å². The first-order valence-corrected chi connectivity index (χ1v) is 12.5. The number of benzene rings is 3. The molecular formula is C27H32N2O3S. The lowest BCUT2D eigenvalue weighted by Gasteiger charge is -2.19. The standard InChI is InChI=1S/C27H32N2O3S/c1-16-9-11-24(13-19(16)4)29-33(31,32)26-15-23(10-8-17(26)2)27(30)28-22(7)25-14-20(5)18(3)12-21(25)6/h8-15,22,29H,1-7H3,(H,28,30)/t22-/m0/s1. The Morgan fingerprint density at radius 3 is 2.00 bits per heavy atom. The van der Waals surface area contributed by atoms with E-state index in [1.165, 1.54) is 11.6 Å². The Morgan fingerprint density at radius 2 is 1.33 bits per heavy atom. The maximum absolute atomic E-state index is 13.1. The first kappa shape index (κ1) is 24.5. The van der Waals surface area contributed by atoms with Gasteiger partial charge in [0.15, 0.2) is 0 Å². The molecule has 0 aromatic heterocycles. The summed E-state index contributed by atoms with van der Waals surface area (Å²) in [6.07, 6.45) is 0. The van der Waals surface area contributed by atoms with Gasteiger partial charge in [0, 0.05) is 11.3 Å². The maximum Gasteiger partial charge on any atom is 0.262 e. The Balaban J connectivity index is 1.86. The van der Waals surface area contributed by atoms with Crippen molar-refractivity contribution in [2.45, 2.75) is 59.4 Å². The molecule has 2 N–H and O–H groups in total. The van der Waals surface area contributed by atoms with Crippen LogP contribution in [0.3, 0.4) is 0 Å². The highest BCUT2D eigenvalue weighted by atomic mass is 32.2. The van der Waals surface area contributed by atoms with Crippen molar-refractivity contribution in [3.05, 3.63) is 93.0 Å². The van der Waals surface area contributed by atoms with Crippen LogP contribution in [-0.4, -0.2) is 14.3 Å². The average molecular weight is 465 g/mol. The predicted octanol–water partition coefficient (Wildman–Crippen LogP) is 5.83. The molecule has 1 atom stereocenters. The highest BCUT2D eigenvalue weighted by Crippen LogP contribution is 2.24. The summed E-state index contributed by atoms with van der Waals surface area (Å²) in [6.45, 7) is 13.7. The van der Waals surface area contributed by atoms with Crippen LogP contribution in [0.1, 0.15) is 62.3 Å². The van der Waals surface area contributed by atoms with Crippen LogP contribution in [0, 0.1) is 41.5 Å². The van der Waals surface area contributed by atoms with Crippen LogP contribution in [0.15, 0.2) is 53.4 Å². The van der Waals surface area contributed by atoms with Crippen LogP contribution in [0.25, 0.3) is 0 Å². The molecule has 0 aliphatic rings. The largest absolute Gasteiger partial charge is 0.346 e. The van der Waals surface area contributed by atoms with Crippen molar-refractivity contribution in [1.29, 1.82) is 0 Å². The molecule has 1 amide bonds.